The Hall–Kier alpha value is -1.29. The minimum atomic E-state index is -0.259. The zero-order valence-corrected chi connectivity index (χ0v) is 9.49. The number of rotatable bonds is 5. The molecule has 0 fully saturated rings. The molecule has 0 saturated heterocycles. The number of hydrogen-bond donors (Lipinski definition) is 1. The SMILES string of the molecule is CCOC(=O)C(C)NCc1ccn(C)c1. The molecule has 1 N–H and O–H groups in total. The topological polar surface area (TPSA) is 43.3 Å². The molecule has 0 aromatic carbocycles. The van der Waals surface area contributed by atoms with Crippen LogP contribution in [0.1, 0.15) is 19.4 Å². The van der Waals surface area contributed by atoms with E-state index >= 15 is 0 Å². The number of aromatic nitrogens is 1. The molecule has 15 heavy (non-hydrogen) atoms. The van der Waals surface area contributed by atoms with Crippen molar-refractivity contribution < 1.29 is 9.53 Å². The van der Waals surface area contributed by atoms with Gasteiger partial charge in [-0.2, -0.15) is 0 Å². The molecule has 0 spiro atoms. The molecule has 0 radical (unpaired) electrons. The van der Waals surface area contributed by atoms with Crippen LogP contribution in [0.3, 0.4) is 0 Å². The van der Waals surface area contributed by atoms with Gasteiger partial charge in [0.05, 0.1) is 6.61 Å². The second kappa shape index (κ2) is 5.56. The predicted molar refractivity (Wildman–Crippen MR) is 58.3 cm³/mol. The third kappa shape index (κ3) is 3.75. The number of hydrogen-bond acceptors (Lipinski definition) is 3. The molecule has 4 heteroatoms. The molecule has 4 nitrogen and oxygen atoms in total. The average Bonchev–Trinajstić information content (AvgIpc) is 2.61. The van der Waals surface area contributed by atoms with Crippen LogP contribution in [0.2, 0.25) is 0 Å². The molecule has 1 aromatic rings. The average molecular weight is 210 g/mol. The van der Waals surface area contributed by atoms with Gasteiger partial charge >= 0.3 is 5.97 Å². The number of carbonyl (C=O) groups excluding carboxylic acids is 1. The summed E-state index contributed by atoms with van der Waals surface area (Å²) in [6.45, 7) is 4.72. The maximum Gasteiger partial charge on any atom is 0.322 e. The summed E-state index contributed by atoms with van der Waals surface area (Å²) in [6, 6.07) is 1.76. The second-order valence-corrected chi connectivity index (χ2v) is 3.54. The van der Waals surface area contributed by atoms with Gasteiger partial charge in [0.15, 0.2) is 0 Å². The van der Waals surface area contributed by atoms with E-state index in [0.29, 0.717) is 13.2 Å². The van der Waals surface area contributed by atoms with Crippen molar-refractivity contribution in [3.8, 4) is 0 Å². The smallest absolute Gasteiger partial charge is 0.322 e. The molecule has 1 aromatic heterocycles. The Bertz CT molecular complexity index is 320. The van der Waals surface area contributed by atoms with E-state index in [9.17, 15) is 4.79 Å². The van der Waals surface area contributed by atoms with E-state index < -0.39 is 0 Å². The first-order valence-corrected chi connectivity index (χ1v) is 5.14. The van der Waals surface area contributed by atoms with Crippen LogP contribution >= 0.6 is 0 Å². The molecular formula is C11H18N2O2. The molecule has 0 aliphatic heterocycles. The zero-order chi connectivity index (χ0) is 11.3. The highest BCUT2D eigenvalue weighted by Crippen LogP contribution is 1.99. The van der Waals surface area contributed by atoms with Crippen molar-refractivity contribution in [2.75, 3.05) is 6.61 Å². The number of nitrogens with one attached hydrogen (secondary N) is 1. The van der Waals surface area contributed by atoms with Gasteiger partial charge in [0.25, 0.3) is 0 Å². The maximum atomic E-state index is 11.3. The highest BCUT2D eigenvalue weighted by molar-refractivity contribution is 5.75. The van der Waals surface area contributed by atoms with Gasteiger partial charge in [-0.05, 0) is 25.5 Å². The highest BCUT2D eigenvalue weighted by Gasteiger charge is 2.12. The van der Waals surface area contributed by atoms with Gasteiger partial charge in [-0.15, -0.1) is 0 Å². The van der Waals surface area contributed by atoms with Crippen LogP contribution in [0.25, 0.3) is 0 Å². The molecule has 0 amide bonds. The summed E-state index contributed by atoms with van der Waals surface area (Å²) in [5.41, 5.74) is 1.16. The molecule has 0 saturated carbocycles. The molecule has 0 aliphatic rings. The lowest BCUT2D eigenvalue weighted by atomic mass is 10.3. The van der Waals surface area contributed by atoms with Crippen molar-refractivity contribution in [1.82, 2.24) is 9.88 Å². The monoisotopic (exact) mass is 210 g/mol. The van der Waals surface area contributed by atoms with E-state index in [-0.39, 0.29) is 12.0 Å². The van der Waals surface area contributed by atoms with Crippen molar-refractivity contribution in [1.29, 1.82) is 0 Å². The molecule has 0 aliphatic carbocycles. The highest BCUT2D eigenvalue weighted by atomic mass is 16.5. The van der Waals surface area contributed by atoms with E-state index in [1.54, 1.807) is 6.92 Å². The van der Waals surface area contributed by atoms with Gasteiger partial charge in [0.2, 0.25) is 0 Å². The molecule has 1 heterocycles. The van der Waals surface area contributed by atoms with Gasteiger partial charge < -0.3 is 14.6 Å². The van der Waals surface area contributed by atoms with Gasteiger partial charge in [-0.25, -0.2) is 0 Å². The second-order valence-electron chi connectivity index (χ2n) is 3.54. The van der Waals surface area contributed by atoms with E-state index in [1.807, 2.05) is 37.0 Å². The van der Waals surface area contributed by atoms with E-state index in [1.165, 1.54) is 0 Å². The number of carbonyl (C=O) groups is 1. The lowest BCUT2D eigenvalue weighted by molar-refractivity contribution is -0.145. The molecule has 1 atom stereocenters. The summed E-state index contributed by atoms with van der Waals surface area (Å²) in [5, 5.41) is 3.11. The minimum Gasteiger partial charge on any atom is -0.465 e. The zero-order valence-electron chi connectivity index (χ0n) is 9.49. The van der Waals surface area contributed by atoms with Crippen LogP contribution in [0.5, 0.6) is 0 Å². The summed E-state index contributed by atoms with van der Waals surface area (Å²) >= 11 is 0. The van der Waals surface area contributed by atoms with Gasteiger partial charge in [0, 0.05) is 26.0 Å². The standard InChI is InChI=1S/C11H18N2O2/c1-4-15-11(14)9(2)12-7-10-5-6-13(3)8-10/h5-6,8-9,12H,4,7H2,1-3H3. The Kier molecular flexibility index (Phi) is 4.37. The van der Waals surface area contributed by atoms with Crippen LogP contribution < -0.4 is 5.32 Å². The van der Waals surface area contributed by atoms with Crippen LogP contribution in [-0.2, 0) is 23.1 Å². The van der Waals surface area contributed by atoms with E-state index in [2.05, 4.69) is 5.32 Å². The Balaban J connectivity index is 2.33. The largest absolute Gasteiger partial charge is 0.465 e. The Labute approximate surface area is 90.2 Å². The van der Waals surface area contributed by atoms with Crippen LogP contribution in [0.15, 0.2) is 18.5 Å². The molecule has 1 rings (SSSR count). The lowest BCUT2D eigenvalue weighted by Crippen LogP contribution is -2.34. The molecule has 1 unspecified atom stereocenters. The minimum absolute atomic E-state index is 0.201. The number of nitrogens with zero attached hydrogens (tertiary/aromatic N) is 1. The first kappa shape index (κ1) is 11.8. The number of ether oxygens (including phenoxy) is 1. The summed E-state index contributed by atoms with van der Waals surface area (Å²) in [7, 11) is 1.97. The maximum absolute atomic E-state index is 11.3. The Morgan fingerprint density at radius 2 is 2.40 bits per heavy atom. The summed E-state index contributed by atoms with van der Waals surface area (Å²) in [5.74, 6) is -0.201. The Morgan fingerprint density at radius 1 is 1.67 bits per heavy atom. The third-order valence-electron chi connectivity index (χ3n) is 2.15. The fraction of sp³-hybridized carbons (Fsp3) is 0.545. The van der Waals surface area contributed by atoms with Crippen molar-refractivity contribution in [2.24, 2.45) is 7.05 Å². The number of aryl methyl sites for hydroxylation is 1. The van der Waals surface area contributed by atoms with Crippen LogP contribution in [-0.4, -0.2) is 23.2 Å². The Morgan fingerprint density at radius 3 is 2.93 bits per heavy atom. The predicted octanol–water partition coefficient (Wildman–Crippen LogP) is 1.07. The summed E-state index contributed by atoms with van der Waals surface area (Å²) in [4.78, 5) is 11.3. The number of esters is 1. The fourth-order valence-corrected chi connectivity index (χ4v) is 1.29. The molecular weight excluding hydrogens is 192 g/mol. The van der Waals surface area contributed by atoms with Gasteiger partial charge in [-0.1, -0.05) is 0 Å². The normalized spacial score (nSPS) is 12.5. The molecule has 84 valence electrons. The van der Waals surface area contributed by atoms with Crippen molar-refractivity contribution in [2.45, 2.75) is 26.4 Å². The van der Waals surface area contributed by atoms with Crippen molar-refractivity contribution in [3.05, 3.63) is 24.0 Å². The van der Waals surface area contributed by atoms with Crippen LogP contribution in [0, 0.1) is 0 Å². The van der Waals surface area contributed by atoms with Gasteiger partial charge in [-0.3, -0.25) is 4.79 Å². The van der Waals surface area contributed by atoms with E-state index in [0.717, 1.165) is 5.56 Å². The van der Waals surface area contributed by atoms with E-state index in [4.69, 9.17) is 4.74 Å². The van der Waals surface area contributed by atoms with Crippen molar-refractivity contribution >= 4 is 5.97 Å². The fourth-order valence-electron chi connectivity index (χ4n) is 1.29. The summed E-state index contributed by atoms with van der Waals surface area (Å²) < 4.78 is 6.87. The van der Waals surface area contributed by atoms with Crippen LogP contribution in [0.4, 0.5) is 0 Å². The summed E-state index contributed by atoms with van der Waals surface area (Å²) in [6.07, 6.45) is 4.00. The quantitative estimate of drug-likeness (QED) is 0.739. The first-order valence-electron chi connectivity index (χ1n) is 5.14. The third-order valence-corrected chi connectivity index (χ3v) is 2.15. The van der Waals surface area contributed by atoms with Gasteiger partial charge in [0.1, 0.15) is 6.04 Å². The van der Waals surface area contributed by atoms with Crippen molar-refractivity contribution in [3.63, 3.8) is 0 Å². The molecule has 0 bridgehead atoms. The lowest BCUT2D eigenvalue weighted by Gasteiger charge is -2.11. The first-order chi connectivity index (χ1) is 7.13.